The maximum absolute atomic E-state index is 12.9. The molecule has 0 bridgehead atoms. The second-order valence-electron chi connectivity index (χ2n) is 4.84. The summed E-state index contributed by atoms with van der Waals surface area (Å²) in [7, 11) is -3.57. The van der Waals surface area contributed by atoms with E-state index < -0.39 is 10.0 Å². The average Bonchev–Trinajstić information content (AvgIpc) is 2.92. The molecule has 1 fully saturated rings. The molecule has 8 heteroatoms. The third-order valence-electron chi connectivity index (χ3n) is 3.37. The van der Waals surface area contributed by atoms with Crippen molar-refractivity contribution < 1.29 is 8.42 Å². The van der Waals surface area contributed by atoms with Crippen molar-refractivity contribution in [1.29, 1.82) is 0 Å². The second-order valence-corrected chi connectivity index (χ2v) is 8.02. The van der Waals surface area contributed by atoms with Crippen LogP contribution in [0.5, 0.6) is 0 Å². The Hall–Kier alpha value is 0.150. The SMILES string of the molecule is CCCN(C1CCNC1)S(=O)(=O)c1cc(Br)ccc1Cl.Cl. The molecule has 0 saturated carbocycles. The Kier molecular flexibility index (Phi) is 7.43. The van der Waals surface area contributed by atoms with Gasteiger partial charge < -0.3 is 5.32 Å². The van der Waals surface area contributed by atoms with E-state index in [1.807, 2.05) is 6.92 Å². The lowest BCUT2D eigenvalue weighted by molar-refractivity contribution is 0.335. The number of halogens is 3. The van der Waals surface area contributed by atoms with Gasteiger partial charge in [-0.05, 0) is 37.6 Å². The zero-order chi connectivity index (χ0) is 14.8. The van der Waals surface area contributed by atoms with Gasteiger partial charge in [-0.25, -0.2) is 8.42 Å². The zero-order valence-electron chi connectivity index (χ0n) is 11.7. The van der Waals surface area contributed by atoms with E-state index in [1.54, 1.807) is 22.5 Å². The third kappa shape index (κ3) is 4.33. The van der Waals surface area contributed by atoms with E-state index in [9.17, 15) is 8.42 Å². The predicted octanol–water partition coefficient (Wildman–Crippen LogP) is 3.29. The summed E-state index contributed by atoms with van der Waals surface area (Å²) in [6.07, 6.45) is 1.62. The largest absolute Gasteiger partial charge is 0.315 e. The first-order chi connectivity index (χ1) is 9.46. The van der Waals surface area contributed by atoms with Crippen molar-refractivity contribution in [3.05, 3.63) is 27.7 Å². The Balaban J connectivity index is 0.00000220. The average molecular weight is 418 g/mol. The summed E-state index contributed by atoms with van der Waals surface area (Å²) in [4.78, 5) is 0.175. The lowest BCUT2D eigenvalue weighted by atomic mass is 10.2. The van der Waals surface area contributed by atoms with Crippen LogP contribution in [0.1, 0.15) is 19.8 Å². The highest BCUT2D eigenvalue weighted by Crippen LogP contribution is 2.29. The van der Waals surface area contributed by atoms with E-state index >= 15 is 0 Å². The normalized spacial score (nSPS) is 18.8. The molecule has 1 unspecified atom stereocenters. The Morgan fingerprint density at radius 2 is 2.19 bits per heavy atom. The number of hydrogen-bond acceptors (Lipinski definition) is 3. The molecule has 4 nitrogen and oxygen atoms in total. The van der Waals surface area contributed by atoms with Gasteiger partial charge in [0, 0.05) is 23.6 Å². The fourth-order valence-corrected chi connectivity index (χ4v) is 5.17. The molecule has 1 N–H and O–H groups in total. The van der Waals surface area contributed by atoms with Crippen LogP contribution >= 0.6 is 39.9 Å². The molecule has 1 aliphatic rings. The number of benzene rings is 1. The highest BCUT2D eigenvalue weighted by Gasteiger charge is 2.33. The topological polar surface area (TPSA) is 49.4 Å². The lowest BCUT2D eigenvalue weighted by Crippen LogP contribution is -2.42. The highest BCUT2D eigenvalue weighted by molar-refractivity contribution is 9.10. The van der Waals surface area contributed by atoms with Crippen molar-refractivity contribution >= 4 is 50.0 Å². The quantitative estimate of drug-likeness (QED) is 0.799. The van der Waals surface area contributed by atoms with Crippen molar-refractivity contribution in [2.75, 3.05) is 19.6 Å². The fourth-order valence-electron chi connectivity index (χ4n) is 2.41. The van der Waals surface area contributed by atoms with Crippen LogP contribution in [-0.4, -0.2) is 38.4 Å². The Morgan fingerprint density at radius 1 is 1.48 bits per heavy atom. The van der Waals surface area contributed by atoms with E-state index in [4.69, 9.17) is 11.6 Å². The van der Waals surface area contributed by atoms with Gasteiger partial charge in [-0.3, -0.25) is 0 Å². The van der Waals surface area contributed by atoms with Gasteiger partial charge in [0.15, 0.2) is 0 Å². The molecular weight excluding hydrogens is 399 g/mol. The van der Waals surface area contributed by atoms with Gasteiger partial charge in [0.25, 0.3) is 0 Å². The summed E-state index contributed by atoms with van der Waals surface area (Å²) in [5.41, 5.74) is 0. The van der Waals surface area contributed by atoms with Gasteiger partial charge in [0.1, 0.15) is 4.90 Å². The van der Waals surface area contributed by atoms with Crippen LogP contribution in [0, 0.1) is 0 Å². The van der Waals surface area contributed by atoms with Crippen LogP contribution in [0.15, 0.2) is 27.6 Å². The minimum atomic E-state index is -3.57. The molecule has 1 saturated heterocycles. The molecule has 1 aromatic carbocycles. The molecule has 120 valence electrons. The number of rotatable bonds is 5. The van der Waals surface area contributed by atoms with Crippen molar-refractivity contribution in [2.45, 2.75) is 30.7 Å². The van der Waals surface area contributed by atoms with Gasteiger partial charge in [0.2, 0.25) is 10.0 Å². The molecule has 0 aliphatic carbocycles. The monoisotopic (exact) mass is 416 g/mol. The number of sulfonamides is 1. The molecule has 0 aromatic heterocycles. The molecule has 0 amide bonds. The first kappa shape index (κ1) is 19.2. The van der Waals surface area contributed by atoms with Gasteiger partial charge in [-0.15, -0.1) is 12.4 Å². The Labute approximate surface area is 145 Å². The molecule has 0 spiro atoms. The van der Waals surface area contributed by atoms with Crippen molar-refractivity contribution in [1.82, 2.24) is 9.62 Å². The zero-order valence-corrected chi connectivity index (χ0v) is 15.7. The number of nitrogens with zero attached hydrogens (tertiary/aromatic N) is 1. The third-order valence-corrected chi connectivity index (χ3v) is 6.29. The van der Waals surface area contributed by atoms with E-state index in [0.717, 1.165) is 19.4 Å². The van der Waals surface area contributed by atoms with E-state index in [2.05, 4.69) is 21.2 Å². The van der Waals surface area contributed by atoms with Crippen molar-refractivity contribution in [2.24, 2.45) is 0 Å². The molecular formula is C13H19BrCl2N2O2S. The van der Waals surface area contributed by atoms with Gasteiger partial charge in [-0.2, -0.15) is 4.31 Å². The first-order valence-corrected chi connectivity index (χ1v) is 9.25. The summed E-state index contributed by atoms with van der Waals surface area (Å²) >= 11 is 9.40. The minimum Gasteiger partial charge on any atom is -0.315 e. The fraction of sp³-hybridized carbons (Fsp3) is 0.538. The Morgan fingerprint density at radius 3 is 2.76 bits per heavy atom. The van der Waals surface area contributed by atoms with Gasteiger partial charge in [0.05, 0.1) is 5.02 Å². The molecule has 0 radical (unpaired) electrons. The summed E-state index contributed by atoms with van der Waals surface area (Å²) < 4.78 is 28.0. The van der Waals surface area contributed by atoms with Crippen LogP contribution in [0.2, 0.25) is 5.02 Å². The van der Waals surface area contributed by atoms with Crippen LogP contribution in [0.3, 0.4) is 0 Å². The van der Waals surface area contributed by atoms with Gasteiger partial charge >= 0.3 is 0 Å². The summed E-state index contributed by atoms with van der Waals surface area (Å²) in [6.45, 7) is 4.04. The predicted molar refractivity (Wildman–Crippen MR) is 91.9 cm³/mol. The molecule has 2 rings (SSSR count). The second kappa shape index (κ2) is 8.13. The van der Waals surface area contributed by atoms with E-state index in [1.165, 1.54) is 0 Å². The summed E-state index contributed by atoms with van der Waals surface area (Å²) in [5, 5.41) is 3.48. The van der Waals surface area contributed by atoms with E-state index in [-0.39, 0.29) is 28.4 Å². The lowest BCUT2D eigenvalue weighted by Gasteiger charge is -2.27. The minimum absolute atomic E-state index is 0. The van der Waals surface area contributed by atoms with Crippen molar-refractivity contribution in [3.63, 3.8) is 0 Å². The first-order valence-electron chi connectivity index (χ1n) is 6.64. The molecule has 1 aliphatic heterocycles. The maximum atomic E-state index is 12.9. The number of nitrogens with one attached hydrogen (secondary N) is 1. The summed E-state index contributed by atoms with van der Waals surface area (Å²) in [6, 6.07) is 4.93. The maximum Gasteiger partial charge on any atom is 0.244 e. The summed E-state index contributed by atoms with van der Waals surface area (Å²) in [5.74, 6) is 0. The van der Waals surface area contributed by atoms with Crippen LogP contribution in [0.4, 0.5) is 0 Å². The standard InChI is InChI=1S/C13H18BrClN2O2S.ClH/c1-2-7-17(11-5-6-16-9-11)20(18,19)13-8-10(14)3-4-12(13)15;/h3-4,8,11,16H,2,5-7,9H2,1H3;1H. The van der Waals surface area contributed by atoms with Crippen LogP contribution in [0.25, 0.3) is 0 Å². The molecule has 1 heterocycles. The van der Waals surface area contributed by atoms with Crippen LogP contribution in [-0.2, 0) is 10.0 Å². The van der Waals surface area contributed by atoms with Gasteiger partial charge in [-0.1, -0.05) is 34.5 Å². The van der Waals surface area contributed by atoms with Crippen molar-refractivity contribution in [3.8, 4) is 0 Å². The molecule has 1 aromatic rings. The molecule has 1 atom stereocenters. The Bertz CT molecular complexity index is 578. The highest BCUT2D eigenvalue weighted by atomic mass is 79.9. The van der Waals surface area contributed by atoms with Crippen LogP contribution < -0.4 is 5.32 Å². The van der Waals surface area contributed by atoms with E-state index in [0.29, 0.717) is 17.6 Å². The molecule has 21 heavy (non-hydrogen) atoms. The smallest absolute Gasteiger partial charge is 0.244 e. The number of hydrogen-bond donors (Lipinski definition) is 1.